The molecule has 0 fully saturated rings. The van der Waals surface area contributed by atoms with Gasteiger partial charge in [0, 0.05) is 25.2 Å². The summed E-state index contributed by atoms with van der Waals surface area (Å²) < 4.78 is 8.86. The largest absolute Gasteiger partial charge is 0.480 e. The van der Waals surface area contributed by atoms with E-state index < -0.39 is 12.0 Å². The first kappa shape index (κ1) is 12.9. The molecular formula is C9H15N3O3S. The Labute approximate surface area is 97.8 Å². The zero-order chi connectivity index (χ0) is 12.0. The van der Waals surface area contributed by atoms with Gasteiger partial charge in [-0.05, 0) is 19.8 Å². The highest BCUT2D eigenvalue weighted by molar-refractivity contribution is 7.09. The summed E-state index contributed by atoms with van der Waals surface area (Å²) in [5, 5.41) is 12.4. The molecule has 0 aliphatic rings. The number of aryl methyl sites for hydroxylation is 1. The molecule has 0 spiro atoms. The maximum atomic E-state index is 11.0. The van der Waals surface area contributed by atoms with Crippen molar-refractivity contribution in [1.29, 1.82) is 0 Å². The summed E-state index contributed by atoms with van der Waals surface area (Å²) in [4.78, 5) is 15.0. The SMILES string of the molecule is COCCCC(Nc1nc(C)ns1)C(=O)O. The highest BCUT2D eigenvalue weighted by atomic mass is 32.1. The van der Waals surface area contributed by atoms with Crippen molar-refractivity contribution < 1.29 is 14.6 Å². The number of hydrogen-bond donors (Lipinski definition) is 2. The molecule has 1 heterocycles. The van der Waals surface area contributed by atoms with Crippen molar-refractivity contribution in [3.8, 4) is 0 Å². The topological polar surface area (TPSA) is 84.3 Å². The molecule has 1 rings (SSSR count). The monoisotopic (exact) mass is 245 g/mol. The first-order valence-corrected chi connectivity index (χ1v) is 5.69. The van der Waals surface area contributed by atoms with Crippen molar-refractivity contribution in [1.82, 2.24) is 9.36 Å². The summed E-state index contributed by atoms with van der Waals surface area (Å²) >= 11 is 1.17. The Hall–Kier alpha value is -1.21. The van der Waals surface area contributed by atoms with E-state index in [0.29, 0.717) is 30.4 Å². The second-order valence-corrected chi connectivity index (χ2v) is 4.07. The number of ether oxygens (including phenoxy) is 1. The lowest BCUT2D eigenvalue weighted by Crippen LogP contribution is -2.29. The molecule has 1 aromatic rings. The van der Waals surface area contributed by atoms with Crippen LogP contribution in [0.2, 0.25) is 0 Å². The molecule has 90 valence electrons. The molecule has 0 aliphatic carbocycles. The van der Waals surface area contributed by atoms with Crippen molar-refractivity contribution in [2.75, 3.05) is 19.0 Å². The summed E-state index contributed by atoms with van der Waals surface area (Å²) in [7, 11) is 1.59. The fourth-order valence-corrected chi connectivity index (χ4v) is 1.82. The zero-order valence-corrected chi connectivity index (χ0v) is 10.1. The lowest BCUT2D eigenvalue weighted by atomic mass is 10.1. The molecule has 2 N–H and O–H groups in total. The summed E-state index contributed by atoms with van der Waals surface area (Å²) in [5.74, 6) is -0.238. The van der Waals surface area contributed by atoms with Crippen LogP contribution in [-0.4, -0.2) is 40.2 Å². The van der Waals surface area contributed by atoms with E-state index in [2.05, 4.69) is 14.7 Å². The first-order valence-electron chi connectivity index (χ1n) is 4.92. The van der Waals surface area contributed by atoms with Crippen molar-refractivity contribution in [3.63, 3.8) is 0 Å². The third-order valence-electron chi connectivity index (χ3n) is 1.96. The predicted octanol–water partition coefficient (Wildman–Crippen LogP) is 1.14. The molecule has 0 amide bonds. The number of carboxylic acids is 1. The number of rotatable bonds is 7. The molecule has 0 saturated heterocycles. The average Bonchev–Trinajstić information content (AvgIpc) is 2.63. The van der Waals surface area contributed by atoms with Gasteiger partial charge in [0.25, 0.3) is 0 Å². The fourth-order valence-electron chi connectivity index (χ4n) is 1.19. The standard InChI is InChI=1S/C9H15N3O3S/c1-6-10-9(16-12-6)11-7(8(13)14)4-3-5-15-2/h7H,3-5H2,1-2H3,(H,13,14)(H,10,11,12). The number of carbonyl (C=O) groups is 1. The molecule has 0 saturated carbocycles. The van der Waals surface area contributed by atoms with Crippen LogP contribution in [0.15, 0.2) is 0 Å². The Kier molecular flexibility index (Phi) is 5.13. The van der Waals surface area contributed by atoms with Gasteiger partial charge in [0.2, 0.25) is 5.13 Å². The van der Waals surface area contributed by atoms with Crippen LogP contribution in [-0.2, 0) is 9.53 Å². The number of methoxy groups -OCH3 is 1. The lowest BCUT2D eigenvalue weighted by molar-refractivity contribution is -0.138. The quantitative estimate of drug-likeness (QED) is 0.701. The van der Waals surface area contributed by atoms with Gasteiger partial charge >= 0.3 is 5.97 Å². The first-order chi connectivity index (χ1) is 7.63. The van der Waals surface area contributed by atoms with Gasteiger partial charge in [-0.3, -0.25) is 0 Å². The average molecular weight is 245 g/mol. The van der Waals surface area contributed by atoms with Crippen LogP contribution in [0.3, 0.4) is 0 Å². The smallest absolute Gasteiger partial charge is 0.326 e. The van der Waals surface area contributed by atoms with Crippen LogP contribution in [0.5, 0.6) is 0 Å². The molecule has 0 bridgehead atoms. The second kappa shape index (κ2) is 6.39. The van der Waals surface area contributed by atoms with Crippen molar-refractivity contribution >= 4 is 22.6 Å². The fraction of sp³-hybridized carbons (Fsp3) is 0.667. The molecule has 16 heavy (non-hydrogen) atoms. The van der Waals surface area contributed by atoms with Gasteiger partial charge in [0.1, 0.15) is 11.9 Å². The Bertz CT molecular complexity index is 342. The minimum absolute atomic E-state index is 0.502. The Morgan fingerprint density at radius 2 is 2.44 bits per heavy atom. The van der Waals surface area contributed by atoms with E-state index in [1.54, 1.807) is 14.0 Å². The molecule has 0 aliphatic heterocycles. The molecule has 7 heteroatoms. The second-order valence-electron chi connectivity index (χ2n) is 3.32. The maximum Gasteiger partial charge on any atom is 0.326 e. The van der Waals surface area contributed by atoms with Gasteiger partial charge in [-0.25, -0.2) is 9.78 Å². The van der Waals surface area contributed by atoms with E-state index in [1.807, 2.05) is 0 Å². The summed E-state index contributed by atoms with van der Waals surface area (Å²) in [6.07, 6.45) is 1.19. The van der Waals surface area contributed by atoms with Crippen molar-refractivity contribution in [2.24, 2.45) is 0 Å². The molecule has 1 atom stereocenters. The van der Waals surface area contributed by atoms with E-state index in [-0.39, 0.29) is 0 Å². The number of hydrogen-bond acceptors (Lipinski definition) is 6. The van der Waals surface area contributed by atoms with Gasteiger partial charge in [-0.15, -0.1) is 0 Å². The molecule has 0 aromatic carbocycles. The predicted molar refractivity (Wildman–Crippen MR) is 60.8 cm³/mol. The van der Waals surface area contributed by atoms with E-state index in [1.165, 1.54) is 11.5 Å². The van der Waals surface area contributed by atoms with Gasteiger partial charge in [0.05, 0.1) is 0 Å². The third-order valence-corrected chi connectivity index (χ3v) is 2.70. The van der Waals surface area contributed by atoms with Crippen LogP contribution in [0.1, 0.15) is 18.7 Å². The minimum Gasteiger partial charge on any atom is -0.480 e. The van der Waals surface area contributed by atoms with Gasteiger partial charge in [-0.2, -0.15) is 4.37 Å². The van der Waals surface area contributed by atoms with Gasteiger partial charge in [0.15, 0.2) is 0 Å². The van der Waals surface area contributed by atoms with E-state index >= 15 is 0 Å². The third kappa shape index (κ3) is 4.11. The summed E-state index contributed by atoms with van der Waals surface area (Å²) in [5.41, 5.74) is 0. The Morgan fingerprint density at radius 1 is 1.69 bits per heavy atom. The number of anilines is 1. The number of nitrogens with zero attached hydrogens (tertiary/aromatic N) is 2. The van der Waals surface area contributed by atoms with Crippen LogP contribution in [0, 0.1) is 6.92 Å². The molecule has 0 radical (unpaired) electrons. The molecular weight excluding hydrogens is 230 g/mol. The van der Waals surface area contributed by atoms with E-state index in [9.17, 15) is 4.79 Å². The van der Waals surface area contributed by atoms with E-state index in [0.717, 1.165) is 0 Å². The normalized spacial score (nSPS) is 12.4. The van der Waals surface area contributed by atoms with Crippen LogP contribution in [0.4, 0.5) is 5.13 Å². The van der Waals surface area contributed by atoms with Gasteiger partial charge in [-0.1, -0.05) is 0 Å². The van der Waals surface area contributed by atoms with Crippen molar-refractivity contribution in [3.05, 3.63) is 5.82 Å². The van der Waals surface area contributed by atoms with Gasteiger partial charge < -0.3 is 15.2 Å². The van der Waals surface area contributed by atoms with Crippen LogP contribution < -0.4 is 5.32 Å². The summed E-state index contributed by atoms with van der Waals surface area (Å²) in [6, 6.07) is -0.637. The Morgan fingerprint density at radius 3 is 2.94 bits per heavy atom. The van der Waals surface area contributed by atoms with Crippen molar-refractivity contribution in [2.45, 2.75) is 25.8 Å². The Balaban J connectivity index is 2.47. The molecule has 1 unspecified atom stereocenters. The highest BCUT2D eigenvalue weighted by Gasteiger charge is 2.18. The lowest BCUT2D eigenvalue weighted by Gasteiger charge is -2.12. The minimum atomic E-state index is -0.885. The maximum absolute atomic E-state index is 11.0. The number of carboxylic acid groups (broad SMARTS) is 1. The number of aromatic nitrogens is 2. The number of aliphatic carboxylic acids is 1. The van der Waals surface area contributed by atoms with E-state index in [4.69, 9.17) is 9.84 Å². The highest BCUT2D eigenvalue weighted by Crippen LogP contribution is 2.13. The molecule has 1 aromatic heterocycles. The summed E-state index contributed by atoms with van der Waals surface area (Å²) in [6.45, 7) is 2.32. The van der Waals surface area contributed by atoms with Crippen LogP contribution in [0.25, 0.3) is 0 Å². The molecule has 6 nitrogen and oxygen atoms in total. The number of nitrogens with one attached hydrogen (secondary N) is 1. The van der Waals surface area contributed by atoms with Crippen LogP contribution >= 0.6 is 11.5 Å². The zero-order valence-electron chi connectivity index (χ0n) is 9.27.